The van der Waals surface area contributed by atoms with Gasteiger partial charge in [0.25, 0.3) is 0 Å². The molecule has 0 rings (SSSR count). The van der Waals surface area contributed by atoms with Crippen LogP contribution in [0.3, 0.4) is 0 Å². The molecule has 0 aliphatic heterocycles. The van der Waals surface area contributed by atoms with Crippen LogP contribution in [0.2, 0.25) is 0 Å². The lowest BCUT2D eigenvalue weighted by Crippen LogP contribution is -1.27. The van der Waals surface area contributed by atoms with Gasteiger partial charge in [0.2, 0.25) is 0 Å². The number of hydrogen-bond donors (Lipinski definition) is 0. The molecular formula is C5H18. The van der Waals surface area contributed by atoms with Crippen molar-refractivity contribution in [1.82, 2.24) is 0 Å². The third-order valence-electron chi connectivity index (χ3n) is 0. The van der Waals surface area contributed by atoms with Crippen LogP contribution in [-0.4, -0.2) is 0 Å². The second kappa shape index (κ2) is 36.0. The van der Waals surface area contributed by atoms with Crippen molar-refractivity contribution < 1.29 is 1.43 Å². The molecule has 0 aliphatic carbocycles. The average Bonchev–Trinajstić information content (AvgIpc) is 0.918. The van der Waals surface area contributed by atoms with E-state index >= 15 is 0 Å². The Kier molecular flexibility index (Phi) is 144. The molecule has 0 aromatic carbocycles. The molecule has 0 heterocycles. The van der Waals surface area contributed by atoms with E-state index < -0.39 is 0 Å². The van der Waals surface area contributed by atoms with Crippen molar-refractivity contribution in [2.75, 3.05) is 0 Å². The fourth-order valence-electron chi connectivity index (χ4n) is 0. The zero-order valence-corrected chi connectivity index (χ0v) is 2.71. The SMILES string of the molecule is C.C.CCC.[3HH]. The molecular weight excluding hydrogens is 60.1 g/mol. The van der Waals surface area contributed by atoms with Gasteiger partial charge in [0.05, 0.1) is 0 Å². The molecule has 5 heavy (non-hydrogen) atoms. The Bertz CT molecular complexity index is 3.90. The zero-order valence-electron chi connectivity index (χ0n) is 2.71. The minimum absolute atomic E-state index is 0. The van der Waals surface area contributed by atoms with Crippen molar-refractivity contribution in [3.63, 3.8) is 0 Å². The van der Waals surface area contributed by atoms with Gasteiger partial charge in [0.1, 0.15) is 0 Å². The second-order valence-electron chi connectivity index (χ2n) is 0.707. The van der Waals surface area contributed by atoms with E-state index in [0.29, 0.717) is 0 Å². The highest BCUT2D eigenvalue weighted by Gasteiger charge is 1.35. The third kappa shape index (κ3) is 0. The Morgan fingerprint density at radius 3 is 1.20 bits per heavy atom. The quantitative estimate of drug-likeness (QED) is 0.419. The van der Waals surface area contributed by atoms with E-state index in [4.69, 9.17) is 0 Å². The highest BCUT2D eigenvalue weighted by atomic mass is 13.4. The van der Waals surface area contributed by atoms with Crippen LogP contribution in [0.4, 0.5) is 0 Å². The van der Waals surface area contributed by atoms with Gasteiger partial charge in [-0.05, 0) is 0 Å². The van der Waals surface area contributed by atoms with E-state index in [1.54, 1.807) is 0 Å². The van der Waals surface area contributed by atoms with Crippen LogP contribution >= 0.6 is 0 Å². The van der Waals surface area contributed by atoms with E-state index in [0.717, 1.165) is 0 Å². The first-order valence-corrected chi connectivity index (χ1v) is 1.41. The molecule has 0 bridgehead atoms. The zero-order chi connectivity index (χ0) is 2.71. The third-order valence-corrected chi connectivity index (χ3v) is 0. The largest absolute Gasteiger partial charge is 0.0776 e. The normalized spacial score (nSPS) is 3.60. The molecule has 0 aromatic heterocycles. The molecule has 0 heteroatoms. The van der Waals surface area contributed by atoms with Gasteiger partial charge in [0.15, 0.2) is 0 Å². The van der Waals surface area contributed by atoms with Gasteiger partial charge >= 0.3 is 0 Å². The fourth-order valence-corrected chi connectivity index (χ4v) is 0. The first-order chi connectivity index (χ1) is 1.41. The summed E-state index contributed by atoms with van der Waals surface area (Å²) >= 11 is 0. The Morgan fingerprint density at radius 1 is 1.20 bits per heavy atom. The summed E-state index contributed by atoms with van der Waals surface area (Å²) < 4.78 is 0. The van der Waals surface area contributed by atoms with Gasteiger partial charge in [-0.3, -0.25) is 0 Å². The summed E-state index contributed by atoms with van der Waals surface area (Å²) in [5, 5.41) is 0. The smallest absolute Gasteiger partial charge is 0 e. The van der Waals surface area contributed by atoms with Gasteiger partial charge < -0.3 is 0 Å². The van der Waals surface area contributed by atoms with Gasteiger partial charge in [-0.2, -0.15) is 0 Å². The van der Waals surface area contributed by atoms with E-state index in [1.807, 2.05) is 0 Å². The highest BCUT2D eigenvalue weighted by Crippen LogP contribution is 1.56. The molecule has 0 spiro atoms. The maximum atomic E-state index is 2.12. The summed E-state index contributed by atoms with van der Waals surface area (Å²) in [7, 11) is 0. The van der Waals surface area contributed by atoms with Crippen LogP contribution in [0.15, 0.2) is 0 Å². The molecule has 0 radical (unpaired) electrons. The first-order valence-electron chi connectivity index (χ1n) is 1.41. The Hall–Kier alpha value is 0. The lowest BCUT2D eigenvalue weighted by molar-refractivity contribution is 1.09. The van der Waals surface area contributed by atoms with Crippen LogP contribution in [0.25, 0.3) is 0 Å². The number of rotatable bonds is 0. The van der Waals surface area contributed by atoms with E-state index in [9.17, 15) is 0 Å². The van der Waals surface area contributed by atoms with E-state index in [1.165, 1.54) is 6.42 Å². The summed E-state index contributed by atoms with van der Waals surface area (Å²) in [5.74, 6) is 0. The lowest BCUT2D eigenvalue weighted by Gasteiger charge is -1.48. The van der Waals surface area contributed by atoms with Crippen molar-refractivity contribution in [3.8, 4) is 0 Å². The Morgan fingerprint density at radius 2 is 1.20 bits per heavy atom. The summed E-state index contributed by atoms with van der Waals surface area (Å²) in [5.41, 5.74) is 0. The molecule has 0 fully saturated rings. The van der Waals surface area contributed by atoms with Crippen molar-refractivity contribution in [3.05, 3.63) is 0 Å². The highest BCUT2D eigenvalue weighted by molar-refractivity contribution is 3.92. The molecule has 0 unspecified atom stereocenters. The van der Waals surface area contributed by atoms with Crippen molar-refractivity contribution >= 4 is 0 Å². The maximum Gasteiger partial charge on any atom is 0 e. The fraction of sp³-hybridized carbons (Fsp3) is 1.00. The van der Waals surface area contributed by atoms with Crippen molar-refractivity contribution in [2.45, 2.75) is 35.1 Å². The van der Waals surface area contributed by atoms with E-state index in [-0.39, 0.29) is 16.3 Å². The Balaban J connectivity index is -0.00000000667. The standard InChI is InChI=1S/C3H8.2CH4.H2/c1-3-2;;;/h3H2,1-2H3;2*1H4;1H/i;;;1+2. The molecule has 0 aliphatic rings. The lowest BCUT2D eigenvalue weighted by atomic mass is 10.6. The minimum Gasteiger partial charge on any atom is -0.0776 e. The Labute approximate surface area is 37.7 Å². The van der Waals surface area contributed by atoms with Crippen LogP contribution in [-0.2, 0) is 0 Å². The summed E-state index contributed by atoms with van der Waals surface area (Å²) in [4.78, 5) is 0. The van der Waals surface area contributed by atoms with Crippen LogP contribution < -0.4 is 0 Å². The summed E-state index contributed by atoms with van der Waals surface area (Å²) in [6.45, 7) is 4.25. The minimum atomic E-state index is 0. The number of hydrogen-bond acceptors (Lipinski definition) is 0. The summed E-state index contributed by atoms with van der Waals surface area (Å²) in [6.07, 6.45) is 1.25. The first kappa shape index (κ1) is 20.0. The average molecular weight is 80.2 g/mol. The van der Waals surface area contributed by atoms with Crippen LogP contribution in [0.5, 0.6) is 0 Å². The van der Waals surface area contributed by atoms with Crippen molar-refractivity contribution in [2.24, 2.45) is 0 Å². The van der Waals surface area contributed by atoms with Crippen LogP contribution in [0.1, 0.15) is 36.5 Å². The molecule has 38 valence electrons. The monoisotopic (exact) mass is 80.1 g/mol. The molecule has 0 saturated heterocycles. The van der Waals surface area contributed by atoms with Gasteiger partial charge in [-0.1, -0.05) is 35.1 Å². The van der Waals surface area contributed by atoms with Gasteiger partial charge in [-0.15, -0.1) is 0 Å². The summed E-state index contributed by atoms with van der Waals surface area (Å²) in [6, 6.07) is 0. The molecule has 0 saturated carbocycles. The molecule has 0 atom stereocenters. The van der Waals surface area contributed by atoms with Crippen LogP contribution in [0, 0.1) is 0 Å². The van der Waals surface area contributed by atoms with Gasteiger partial charge in [-0.25, -0.2) is 0 Å². The van der Waals surface area contributed by atoms with Gasteiger partial charge in [0, 0.05) is 1.43 Å². The molecule has 0 aromatic rings. The topological polar surface area (TPSA) is 0 Å². The predicted octanol–water partition coefficient (Wildman–Crippen LogP) is 2.93. The predicted molar refractivity (Wildman–Crippen MR) is 31.5 cm³/mol. The molecule has 0 amide bonds. The molecule has 0 N–H and O–H groups in total. The second-order valence-corrected chi connectivity index (χ2v) is 0.707. The maximum absolute atomic E-state index is 2.12. The van der Waals surface area contributed by atoms with E-state index in [2.05, 4.69) is 13.8 Å². The molecule has 0 nitrogen and oxygen atoms in total. The van der Waals surface area contributed by atoms with Crippen molar-refractivity contribution in [1.29, 1.82) is 0 Å².